The third-order valence-electron chi connectivity index (χ3n) is 3.95. The van der Waals surface area contributed by atoms with E-state index in [1.165, 1.54) is 22.6 Å². The first-order chi connectivity index (χ1) is 10.2. The molecule has 0 unspecified atom stereocenters. The maximum absolute atomic E-state index is 12.8. The molecule has 2 aromatic rings. The molecule has 2 aromatic heterocycles. The molecule has 1 aliphatic carbocycles. The maximum Gasteiger partial charge on any atom is 0.261 e. The Morgan fingerprint density at radius 2 is 2.24 bits per heavy atom. The molecule has 0 aromatic carbocycles. The second-order valence-electron chi connectivity index (χ2n) is 5.36. The second-order valence-corrected chi connectivity index (χ2v) is 6.33. The number of fused-ring (bicyclic) bond motifs is 1. The summed E-state index contributed by atoms with van der Waals surface area (Å²) in [6.45, 7) is 2.96. The van der Waals surface area contributed by atoms with Gasteiger partial charge >= 0.3 is 0 Å². The van der Waals surface area contributed by atoms with Crippen molar-refractivity contribution in [1.29, 1.82) is 0 Å². The van der Waals surface area contributed by atoms with E-state index in [9.17, 15) is 4.79 Å². The monoisotopic (exact) mass is 304 g/mol. The highest BCUT2D eigenvalue weighted by molar-refractivity contribution is 7.18. The summed E-state index contributed by atoms with van der Waals surface area (Å²) >= 11 is 1.43. The van der Waals surface area contributed by atoms with E-state index in [2.05, 4.69) is 22.4 Å². The van der Waals surface area contributed by atoms with E-state index >= 15 is 0 Å². The lowest BCUT2D eigenvalue weighted by molar-refractivity contribution is 0.591. The fourth-order valence-electron chi connectivity index (χ4n) is 2.86. The van der Waals surface area contributed by atoms with Gasteiger partial charge in [-0.2, -0.15) is 0 Å². The average Bonchev–Trinajstić information content (AvgIpc) is 3.14. The van der Waals surface area contributed by atoms with Crippen LogP contribution >= 0.6 is 11.3 Å². The van der Waals surface area contributed by atoms with Crippen LogP contribution in [0.15, 0.2) is 10.9 Å². The van der Waals surface area contributed by atoms with Crippen molar-refractivity contribution in [3.8, 4) is 10.6 Å². The summed E-state index contributed by atoms with van der Waals surface area (Å²) in [5, 5.41) is 12.6. The number of hydrogen-bond donors (Lipinski definition) is 1. The Kier molecular flexibility index (Phi) is 4.05. The molecule has 21 heavy (non-hydrogen) atoms. The summed E-state index contributed by atoms with van der Waals surface area (Å²) in [7, 11) is 1.81. The molecule has 0 spiro atoms. The van der Waals surface area contributed by atoms with Crippen LogP contribution in [-0.2, 0) is 19.4 Å². The summed E-state index contributed by atoms with van der Waals surface area (Å²) in [5.41, 5.74) is 3.33. The molecule has 0 amide bonds. The first-order valence-electron chi connectivity index (χ1n) is 7.51. The lowest BCUT2D eigenvalue weighted by Crippen LogP contribution is -2.25. The fraction of sp³-hybridized carbons (Fsp3) is 0.533. The Balaban J connectivity index is 2.11. The van der Waals surface area contributed by atoms with Gasteiger partial charge in [0, 0.05) is 19.3 Å². The molecule has 1 aliphatic rings. The van der Waals surface area contributed by atoms with Crippen molar-refractivity contribution in [2.45, 2.75) is 45.6 Å². The van der Waals surface area contributed by atoms with Crippen molar-refractivity contribution in [2.24, 2.45) is 0 Å². The van der Waals surface area contributed by atoms with Crippen molar-refractivity contribution < 1.29 is 0 Å². The first-order valence-corrected chi connectivity index (χ1v) is 8.33. The molecular formula is C15H20N4OS. The van der Waals surface area contributed by atoms with Gasteiger partial charge in [-0.25, -0.2) is 0 Å². The number of unbranched alkanes of at least 4 members (excludes halogenated alkanes) is 1. The molecule has 112 valence electrons. The Morgan fingerprint density at radius 1 is 1.38 bits per heavy atom. The summed E-state index contributed by atoms with van der Waals surface area (Å²) < 4.78 is 1.97. The lowest BCUT2D eigenvalue weighted by atomic mass is 10.1. The van der Waals surface area contributed by atoms with Gasteiger partial charge in [0.15, 0.2) is 5.01 Å². The number of anilines is 1. The average molecular weight is 304 g/mol. The minimum atomic E-state index is 0.0860. The molecule has 0 aliphatic heterocycles. The van der Waals surface area contributed by atoms with Crippen LogP contribution in [0.4, 0.5) is 5.13 Å². The summed E-state index contributed by atoms with van der Waals surface area (Å²) in [6, 6.07) is 2.03. The van der Waals surface area contributed by atoms with Gasteiger partial charge in [-0.15, -0.1) is 10.2 Å². The van der Waals surface area contributed by atoms with Crippen LogP contribution in [0.3, 0.4) is 0 Å². The number of pyridine rings is 1. The van der Waals surface area contributed by atoms with Gasteiger partial charge in [0.1, 0.15) is 0 Å². The third-order valence-corrected chi connectivity index (χ3v) is 4.93. The largest absolute Gasteiger partial charge is 0.363 e. The van der Waals surface area contributed by atoms with Crippen LogP contribution in [-0.4, -0.2) is 21.8 Å². The Labute approximate surface area is 128 Å². The van der Waals surface area contributed by atoms with E-state index in [1.807, 2.05) is 17.7 Å². The standard InChI is InChI=1S/C15H20N4OS/c1-3-4-8-19-12-7-5-6-10(12)9-11(14(19)20)13-17-18-15(16-2)21-13/h9H,3-8H2,1-2H3,(H,16,18). The van der Waals surface area contributed by atoms with Crippen molar-refractivity contribution in [3.63, 3.8) is 0 Å². The zero-order valence-corrected chi connectivity index (χ0v) is 13.3. The van der Waals surface area contributed by atoms with Crippen molar-refractivity contribution in [3.05, 3.63) is 27.7 Å². The van der Waals surface area contributed by atoms with Gasteiger partial charge in [0.2, 0.25) is 5.13 Å². The fourth-order valence-corrected chi connectivity index (χ4v) is 3.56. The van der Waals surface area contributed by atoms with Crippen LogP contribution < -0.4 is 10.9 Å². The van der Waals surface area contributed by atoms with Gasteiger partial charge in [0.05, 0.1) is 5.56 Å². The Morgan fingerprint density at radius 3 is 2.95 bits per heavy atom. The number of aryl methyl sites for hydroxylation is 1. The lowest BCUT2D eigenvalue weighted by Gasteiger charge is -2.13. The number of nitrogens with zero attached hydrogens (tertiary/aromatic N) is 3. The molecular weight excluding hydrogens is 284 g/mol. The van der Waals surface area contributed by atoms with E-state index in [1.54, 1.807) is 0 Å². The number of rotatable bonds is 5. The summed E-state index contributed by atoms with van der Waals surface area (Å²) in [5.74, 6) is 0. The molecule has 6 heteroatoms. The Bertz CT molecular complexity index is 704. The number of nitrogens with one attached hydrogen (secondary N) is 1. The van der Waals surface area contributed by atoms with Crippen molar-refractivity contribution >= 4 is 16.5 Å². The third kappa shape index (κ3) is 2.60. The van der Waals surface area contributed by atoms with Crippen molar-refractivity contribution in [2.75, 3.05) is 12.4 Å². The van der Waals surface area contributed by atoms with Crippen LogP contribution in [0.2, 0.25) is 0 Å². The number of aromatic nitrogens is 3. The van der Waals surface area contributed by atoms with Crippen LogP contribution in [0.5, 0.6) is 0 Å². The SMILES string of the molecule is CCCCn1c2c(cc(-c3nnc(NC)s3)c1=O)CCC2. The quantitative estimate of drug-likeness (QED) is 0.922. The molecule has 0 saturated carbocycles. The minimum absolute atomic E-state index is 0.0860. The van der Waals surface area contributed by atoms with E-state index in [0.717, 1.165) is 43.8 Å². The smallest absolute Gasteiger partial charge is 0.261 e. The zero-order valence-electron chi connectivity index (χ0n) is 12.5. The molecule has 0 saturated heterocycles. The van der Waals surface area contributed by atoms with Gasteiger partial charge < -0.3 is 9.88 Å². The summed E-state index contributed by atoms with van der Waals surface area (Å²) in [4.78, 5) is 12.8. The molecule has 1 N–H and O–H groups in total. The van der Waals surface area contributed by atoms with Crippen LogP contribution in [0.25, 0.3) is 10.6 Å². The van der Waals surface area contributed by atoms with E-state index in [0.29, 0.717) is 10.6 Å². The van der Waals surface area contributed by atoms with E-state index in [4.69, 9.17) is 0 Å². The van der Waals surface area contributed by atoms with Crippen LogP contribution in [0.1, 0.15) is 37.4 Å². The van der Waals surface area contributed by atoms with Gasteiger partial charge in [0.25, 0.3) is 5.56 Å². The highest BCUT2D eigenvalue weighted by atomic mass is 32.1. The first kappa shape index (κ1) is 14.3. The summed E-state index contributed by atoms with van der Waals surface area (Å²) in [6.07, 6.45) is 5.35. The molecule has 0 fully saturated rings. The maximum atomic E-state index is 12.8. The van der Waals surface area contributed by atoms with E-state index in [-0.39, 0.29) is 5.56 Å². The number of hydrogen-bond acceptors (Lipinski definition) is 5. The topological polar surface area (TPSA) is 59.8 Å². The van der Waals surface area contributed by atoms with Gasteiger partial charge in [-0.05, 0) is 37.3 Å². The van der Waals surface area contributed by atoms with E-state index < -0.39 is 0 Å². The molecule has 2 heterocycles. The van der Waals surface area contributed by atoms with Crippen molar-refractivity contribution in [1.82, 2.24) is 14.8 Å². The zero-order chi connectivity index (χ0) is 14.8. The molecule has 0 atom stereocenters. The Hall–Kier alpha value is -1.69. The molecule has 3 rings (SSSR count). The normalized spacial score (nSPS) is 13.4. The van der Waals surface area contributed by atoms with Gasteiger partial charge in [-0.1, -0.05) is 24.7 Å². The predicted molar refractivity (Wildman–Crippen MR) is 86.1 cm³/mol. The van der Waals surface area contributed by atoms with Crippen LogP contribution in [0, 0.1) is 0 Å². The second kappa shape index (κ2) is 5.97. The molecule has 0 radical (unpaired) electrons. The molecule has 5 nitrogen and oxygen atoms in total. The minimum Gasteiger partial charge on any atom is -0.363 e. The highest BCUT2D eigenvalue weighted by Crippen LogP contribution is 2.28. The molecule has 0 bridgehead atoms. The highest BCUT2D eigenvalue weighted by Gasteiger charge is 2.21. The predicted octanol–water partition coefficient (Wildman–Crippen LogP) is 2.70. The van der Waals surface area contributed by atoms with Gasteiger partial charge in [-0.3, -0.25) is 4.79 Å².